The van der Waals surface area contributed by atoms with Crippen molar-refractivity contribution in [1.29, 1.82) is 0 Å². The summed E-state index contributed by atoms with van der Waals surface area (Å²) in [5, 5.41) is -0.0201. The van der Waals surface area contributed by atoms with Crippen molar-refractivity contribution in [1.82, 2.24) is 9.97 Å². The molecule has 0 amide bonds. The summed E-state index contributed by atoms with van der Waals surface area (Å²) in [6, 6.07) is 10.5. The zero-order valence-electron chi connectivity index (χ0n) is 14.0. The van der Waals surface area contributed by atoms with Gasteiger partial charge in [-0.15, -0.1) is 0 Å². The number of rotatable bonds is 5. The first-order valence-electron chi connectivity index (χ1n) is 7.67. The molecular weight excluding hydrogens is 381 g/mol. The molecule has 0 bridgehead atoms. The number of halogens is 3. The van der Waals surface area contributed by atoms with E-state index in [4.69, 9.17) is 4.42 Å². The Hall–Kier alpha value is -2.81. The average molecular weight is 394 g/mol. The predicted molar refractivity (Wildman–Crippen MR) is 92.1 cm³/mol. The fourth-order valence-corrected chi connectivity index (χ4v) is 3.00. The Morgan fingerprint density at radius 3 is 2.52 bits per heavy atom. The molecule has 0 radical (unpaired) electrons. The highest BCUT2D eigenvalue weighted by atomic mass is 32.2. The van der Waals surface area contributed by atoms with Crippen molar-refractivity contribution in [3.63, 3.8) is 0 Å². The molecule has 0 fully saturated rings. The van der Waals surface area contributed by atoms with Gasteiger partial charge in [0.25, 0.3) is 0 Å². The Balaban J connectivity index is 1.81. The van der Waals surface area contributed by atoms with Gasteiger partial charge in [0.15, 0.2) is 10.9 Å². The second kappa shape index (κ2) is 7.83. The molecule has 0 spiro atoms. The van der Waals surface area contributed by atoms with Crippen LogP contribution >= 0.6 is 11.8 Å². The molecule has 2 heterocycles. The molecule has 0 aliphatic carbocycles. The Morgan fingerprint density at radius 1 is 1.19 bits per heavy atom. The molecule has 2 aromatic heterocycles. The van der Waals surface area contributed by atoms with E-state index in [1.54, 1.807) is 30.3 Å². The molecule has 0 saturated carbocycles. The maximum absolute atomic E-state index is 13.1. The lowest BCUT2D eigenvalue weighted by Crippen LogP contribution is -2.10. The minimum atomic E-state index is -4.60. The number of thioether (sulfide) groups is 1. The van der Waals surface area contributed by atoms with Crippen molar-refractivity contribution >= 4 is 17.7 Å². The molecule has 5 nitrogen and oxygen atoms in total. The van der Waals surface area contributed by atoms with E-state index in [1.165, 1.54) is 19.4 Å². The zero-order valence-corrected chi connectivity index (χ0v) is 14.8. The second-order valence-corrected chi connectivity index (χ2v) is 6.32. The second-order valence-electron chi connectivity index (χ2n) is 5.37. The van der Waals surface area contributed by atoms with Crippen LogP contribution in [0.1, 0.15) is 21.6 Å². The number of hydrogen-bond donors (Lipinski definition) is 0. The molecule has 0 atom stereocenters. The molecule has 9 heteroatoms. The number of carbonyl (C=O) groups excluding carboxylic acids is 1. The van der Waals surface area contributed by atoms with Crippen LogP contribution in [0.4, 0.5) is 13.2 Å². The number of carbonyl (C=O) groups is 1. The minimum Gasteiger partial charge on any atom is -0.465 e. The first-order chi connectivity index (χ1) is 12.9. The fourth-order valence-electron chi connectivity index (χ4n) is 2.19. The number of nitrogens with zero attached hydrogens (tertiary/aromatic N) is 2. The van der Waals surface area contributed by atoms with Crippen LogP contribution in [0.5, 0.6) is 0 Å². The van der Waals surface area contributed by atoms with Gasteiger partial charge >= 0.3 is 12.1 Å². The molecule has 0 aliphatic rings. The molecule has 0 aliphatic heterocycles. The molecule has 0 N–H and O–H groups in total. The maximum Gasteiger partial charge on any atom is 0.433 e. The largest absolute Gasteiger partial charge is 0.465 e. The SMILES string of the molecule is COC(=O)c1ccc(CSc2nc(-c3ccco3)cc(C(F)(F)F)n2)cc1. The summed E-state index contributed by atoms with van der Waals surface area (Å²) < 4.78 is 49.2. The maximum atomic E-state index is 13.1. The summed E-state index contributed by atoms with van der Waals surface area (Å²) in [7, 11) is 1.29. The van der Waals surface area contributed by atoms with Gasteiger partial charge in [-0.3, -0.25) is 0 Å². The third-order valence-corrected chi connectivity index (χ3v) is 4.43. The minimum absolute atomic E-state index is 0.0201. The Morgan fingerprint density at radius 2 is 1.93 bits per heavy atom. The van der Waals surface area contributed by atoms with E-state index in [9.17, 15) is 18.0 Å². The van der Waals surface area contributed by atoms with E-state index in [2.05, 4.69) is 14.7 Å². The van der Waals surface area contributed by atoms with Gasteiger partial charge in [0.2, 0.25) is 0 Å². The van der Waals surface area contributed by atoms with Crippen LogP contribution < -0.4 is 0 Å². The van der Waals surface area contributed by atoms with Gasteiger partial charge in [0.05, 0.1) is 18.9 Å². The number of aromatic nitrogens is 2. The van der Waals surface area contributed by atoms with Crippen LogP contribution in [0.2, 0.25) is 0 Å². The number of methoxy groups -OCH3 is 1. The smallest absolute Gasteiger partial charge is 0.433 e. The standard InChI is InChI=1S/C18H13F3N2O3S/c1-25-16(24)12-6-4-11(5-7-12)10-27-17-22-13(14-3-2-8-26-14)9-15(23-17)18(19,20)21/h2-9H,10H2,1H3. The Kier molecular flexibility index (Phi) is 5.50. The van der Waals surface area contributed by atoms with Crippen molar-refractivity contribution in [3.8, 4) is 11.5 Å². The van der Waals surface area contributed by atoms with Crippen LogP contribution in [0, 0.1) is 0 Å². The zero-order chi connectivity index (χ0) is 19.4. The summed E-state index contributed by atoms with van der Waals surface area (Å²) in [5.41, 5.74) is 0.216. The van der Waals surface area contributed by atoms with Crippen molar-refractivity contribution in [2.45, 2.75) is 17.1 Å². The molecular formula is C18H13F3N2O3S. The highest BCUT2D eigenvalue weighted by Gasteiger charge is 2.34. The number of esters is 1. The van der Waals surface area contributed by atoms with Gasteiger partial charge in [-0.2, -0.15) is 13.2 Å². The van der Waals surface area contributed by atoms with E-state index < -0.39 is 17.8 Å². The third-order valence-electron chi connectivity index (χ3n) is 3.51. The van der Waals surface area contributed by atoms with Crippen molar-refractivity contribution in [2.24, 2.45) is 0 Å². The van der Waals surface area contributed by atoms with Crippen LogP contribution in [-0.2, 0) is 16.7 Å². The van der Waals surface area contributed by atoms with E-state index in [1.807, 2.05) is 0 Å². The molecule has 0 unspecified atom stereocenters. The first-order valence-corrected chi connectivity index (χ1v) is 8.65. The number of hydrogen-bond acceptors (Lipinski definition) is 6. The van der Waals surface area contributed by atoms with Gasteiger partial charge in [0, 0.05) is 5.75 Å². The van der Waals surface area contributed by atoms with Crippen molar-refractivity contribution in [3.05, 3.63) is 65.5 Å². The number of furan rings is 1. The van der Waals surface area contributed by atoms with Gasteiger partial charge in [-0.1, -0.05) is 23.9 Å². The van der Waals surface area contributed by atoms with E-state index in [0.29, 0.717) is 11.3 Å². The van der Waals surface area contributed by atoms with Crippen LogP contribution in [0.25, 0.3) is 11.5 Å². The lowest BCUT2D eigenvalue weighted by atomic mass is 10.1. The normalized spacial score (nSPS) is 11.4. The molecule has 27 heavy (non-hydrogen) atoms. The van der Waals surface area contributed by atoms with Gasteiger partial charge in [-0.25, -0.2) is 14.8 Å². The van der Waals surface area contributed by atoms with E-state index >= 15 is 0 Å². The fraction of sp³-hybridized carbons (Fsp3) is 0.167. The molecule has 0 saturated heterocycles. The summed E-state index contributed by atoms with van der Waals surface area (Å²) >= 11 is 1.06. The lowest BCUT2D eigenvalue weighted by molar-refractivity contribution is -0.141. The molecule has 3 rings (SSSR count). The number of alkyl halides is 3. The quantitative estimate of drug-likeness (QED) is 0.351. The highest BCUT2D eigenvalue weighted by Crippen LogP contribution is 2.32. The van der Waals surface area contributed by atoms with Crippen LogP contribution in [0.15, 0.2) is 58.3 Å². The van der Waals surface area contributed by atoms with Crippen molar-refractivity contribution < 1.29 is 27.1 Å². The molecule has 1 aromatic carbocycles. The predicted octanol–water partition coefficient (Wildman–Crippen LogP) is 4.83. The summed E-state index contributed by atoms with van der Waals surface area (Å²) in [6.45, 7) is 0. The summed E-state index contributed by atoms with van der Waals surface area (Å²) in [4.78, 5) is 19.2. The average Bonchev–Trinajstić information content (AvgIpc) is 3.20. The summed E-state index contributed by atoms with van der Waals surface area (Å²) in [5.74, 6) is 0.103. The van der Waals surface area contributed by atoms with E-state index in [-0.39, 0.29) is 16.6 Å². The first kappa shape index (κ1) is 19.0. The van der Waals surface area contributed by atoms with Gasteiger partial charge < -0.3 is 9.15 Å². The number of ether oxygens (including phenoxy) is 1. The van der Waals surface area contributed by atoms with Gasteiger partial charge in [-0.05, 0) is 35.9 Å². The number of benzene rings is 1. The van der Waals surface area contributed by atoms with Crippen molar-refractivity contribution in [2.75, 3.05) is 7.11 Å². The summed E-state index contributed by atoms with van der Waals surface area (Å²) in [6.07, 6.45) is -3.23. The van der Waals surface area contributed by atoms with Crippen LogP contribution in [0.3, 0.4) is 0 Å². The Bertz CT molecular complexity index is 926. The van der Waals surface area contributed by atoms with E-state index in [0.717, 1.165) is 23.4 Å². The monoisotopic (exact) mass is 394 g/mol. The highest BCUT2D eigenvalue weighted by molar-refractivity contribution is 7.98. The third kappa shape index (κ3) is 4.68. The van der Waals surface area contributed by atoms with Crippen LogP contribution in [-0.4, -0.2) is 23.0 Å². The Labute approximate surface area is 156 Å². The molecule has 3 aromatic rings. The molecule has 140 valence electrons. The van der Waals surface area contributed by atoms with Gasteiger partial charge in [0.1, 0.15) is 11.4 Å². The lowest BCUT2D eigenvalue weighted by Gasteiger charge is -2.09. The topological polar surface area (TPSA) is 65.2 Å².